The van der Waals surface area contributed by atoms with Crippen molar-refractivity contribution in [3.63, 3.8) is 0 Å². The van der Waals surface area contributed by atoms with Gasteiger partial charge in [-0.2, -0.15) is 0 Å². The average molecular weight is 319 g/mol. The molecule has 0 unspecified atom stereocenters. The zero-order valence-corrected chi connectivity index (χ0v) is 12.4. The predicted octanol–water partition coefficient (Wildman–Crippen LogP) is 2.98. The Morgan fingerprint density at radius 3 is 2.86 bits per heavy atom. The van der Waals surface area contributed by atoms with E-state index in [0.29, 0.717) is 5.76 Å². The molecule has 2 aliphatic rings. The van der Waals surface area contributed by atoms with Gasteiger partial charge >= 0.3 is 5.88 Å². The fourth-order valence-electron chi connectivity index (χ4n) is 3.02. The van der Waals surface area contributed by atoms with Gasteiger partial charge < -0.3 is 15.1 Å². The SMILES string of the molecule is O=C1N[C@H](c2ccc([N+](=O)[O-])o2)Nc2sc3c(c21)CCCC3. The maximum Gasteiger partial charge on any atom is 0.433 e. The van der Waals surface area contributed by atoms with Gasteiger partial charge in [-0.3, -0.25) is 14.9 Å². The summed E-state index contributed by atoms with van der Waals surface area (Å²) in [5.74, 6) is -0.142. The van der Waals surface area contributed by atoms with Crippen LogP contribution in [0.4, 0.5) is 10.9 Å². The van der Waals surface area contributed by atoms with Gasteiger partial charge in [0.25, 0.3) is 5.91 Å². The number of nitro groups is 1. The van der Waals surface area contributed by atoms with Crippen molar-refractivity contribution in [2.75, 3.05) is 5.32 Å². The number of rotatable bonds is 2. The Kier molecular flexibility index (Phi) is 2.93. The monoisotopic (exact) mass is 319 g/mol. The van der Waals surface area contributed by atoms with Crippen molar-refractivity contribution in [3.8, 4) is 0 Å². The third-order valence-electron chi connectivity index (χ3n) is 4.03. The van der Waals surface area contributed by atoms with Crippen LogP contribution in [0.15, 0.2) is 16.5 Å². The highest BCUT2D eigenvalue weighted by atomic mass is 32.1. The van der Waals surface area contributed by atoms with Crippen molar-refractivity contribution >= 4 is 28.1 Å². The second-order valence-electron chi connectivity index (χ2n) is 5.40. The Morgan fingerprint density at radius 1 is 1.27 bits per heavy atom. The molecule has 22 heavy (non-hydrogen) atoms. The molecule has 0 radical (unpaired) electrons. The molecule has 3 heterocycles. The minimum Gasteiger partial charge on any atom is -0.402 e. The minimum atomic E-state index is -0.594. The molecule has 0 fully saturated rings. The number of carbonyl (C=O) groups excluding carboxylic acids is 1. The van der Waals surface area contributed by atoms with Crippen LogP contribution in [0.5, 0.6) is 0 Å². The van der Waals surface area contributed by atoms with E-state index >= 15 is 0 Å². The van der Waals surface area contributed by atoms with Crippen LogP contribution in [0.25, 0.3) is 0 Å². The number of carbonyl (C=O) groups is 1. The first-order valence-electron chi connectivity index (χ1n) is 7.09. The van der Waals surface area contributed by atoms with Crippen molar-refractivity contribution in [1.82, 2.24) is 5.32 Å². The highest BCUT2D eigenvalue weighted by Crippen LogP contribution is 2.41. The van der Waals surface area contributed by atoms with E-state index in [2.05, 4.69) is 10.6 Å². The molecule has 7 nitrogen and oxygen atoms in total. The van der Waals surface area contributed by atoms with Crippen LogP contribution in [-0.4, -0.2) is 10.8 Å². The average Bonchev–Trinajstić information content (AvgIpc) is 3.11. The van der Waals surface area contributed by atoms with Crippen LogP contribution in [-0.2, 0) is 12.8 Å². The maximum absolute atomic E-state index is 12.4. The lowest BCUT2D eigenvalue weighted by atomic mass is 9.94. The smallest absolute Gasteiger partial charge is 0.402 e. The molecule has 1 atom stereocenters. The maximum atomic E-state index is 12.4. The second kappa shape index (κ2) is 4.84. The summed E-state index contributed by atoms with van der Waals surface area (Å²) in [4.78, 5) is 23.8. The molecule has 0 bridgehead atoms. The molecule has 1 aliphatic heterocycles. The number of aryl methyl sites for hydroxylation is 1. The van der Waals surface area contributed by atoms with E-state index in [4.69, 9.17) is 4.42 Å². The lowest BCUT2D eigenvalue weighted by molar-refractivity contribution is -0.402. The number of nitrogens with one attached hydrogen (secondary N) is 2. The predicted molar refractivity (Wildman–Crippen MR) is 80.2 cm³/mol. The molecule has 4 rings (SSSR count). The number of hydrogen-bond donors (Lipinski definition) is 2. The van der Waals surface area contributed by atoms with Crippen LogP contribution in [0.1, 0.15) is 45.6 Å². The molecular formula is C14H13N3O4S. The number of fused-ring (bicyclic) bond motifs is 3. The molecule has 2 aromatic rings. The Labute approximate surface area is 129 Å². The number of thiophene rings is 1. The van der Waals surface area contributed by atoms with Gasteiger partial charge in [0.15, 0.2) is 11.9 Å². The van der Waals surface area contributed by atoms with Crippen LogP contribution in [0.2, 0.25) is 0 Å². The Bertz CT molecular complexity index is 779. The zero-order valence-electron chi connectivity index (χ0n) is 11.5. The Morgan fingerprint density at radius 2 is 2.09 bits per heavy atom. The minimum absolute atomic E-state index is 0.141. The first-order valence-corrected chi connectivity index (χ1v) is 7.91. The summed E-state index contributed by atoms with van der Waals surface area (Å²) in [5.41, 5.74) is 1.89. The summed E-state index contributed by atoms with van der Waals surface area (Å²) >= 11 is 1.61. The lowest BCUT2D eigenvalue weighted by Crippen LogP contribution is -2.38. The molecule has 8 heteroatoms. The highest BCUT2D eigenvalue weighted by molar-refractivity contribution is 7.16. The third kappa shape index (κ3) is 1.98. The molecule has 2 N–H and O–H groups in total. The third-order valence-corrected chi connectivity index (χ3v) is 5.25. The summed E-state index contributed by atoms with van der Waals surface area (Å²) in [5, 5.41) is 17.6. The molecule has 1 aliphatic carbocycles. The van der Waals surface area contributed by atoms with E-state index in [-0.39, 0.29) is 11.8 Å². The normalized spacial score (nSPS) is 19.8. The van der Waals surface area contributed by atoms with Gasteiger partial charge in [0, 0.05) is 4.88 Å². The molecule has 0 saturated carbocycles. The van der Waals surface area contributed by atoms with E-state index < -0.39 is 11.1 Å². The number of amides is 1. The van der Waals surface area contributed by atoms with Gasteiger partial charge in [0.1, 0.15) is 9.92 Å². The molecule has 0 aromatic carbocycles. The summed E-state index contributed by atoms with van der Waals surface area (Å²) in [6.07, 6.45) is 3.64. The van der Waals surface area contributed by atoms with Crippen LogP contribution < -0.4 is 10.6 Å². The van der Waals surface area contributed by atoms with Crippen LogP contribution in [0.3, 0.4) is 0 Å². The highest BCUT2D eigenvalue weighted by Gasteiger charge is 2.33. The summed E-state index contributed by atoms with van der Waals surface area (Å²) in [7, 11) is 0. The van der Waals surface area contributed by atoms with Crippen molar-refractivity contribution in [3.05, 3.63) is 44.0 Å². The van der Waals surface area contributed by atoms with Crippen molar-refractivity contribution in [2.45, 2.75) is 31.8 Å². The van der Waals surface area contributed by atoms with Crippen molar-refractivity contribution < 1.29 is 14.1 Å². The van der Waals surface area contributed by atoms with Crippen LogP contribution >= 0.6 is 11.3 Å². The molecular weight excluding hydrogens is 306 g/mol. The molecule has 0 spiro atoms. The van der Waals surface area contributed by atoms with E-state index in [9.17, 15) is 14.9 Å². The van der Waals surface area contributed by atoms with Gasteiger partial charge in [-0.05, 0) is 37.3 Å². The lowest BCUT2D eigenvalue weighted by Gasteiger charge is -2.24. The van der Waals surface area contributed by atoms with Gasteiger partial charge in [0.2, 0.25) is 0 Å². The summed E-state index contributed by atoms with van der Waals surface area (Å²) < 4.78 is 5.18. The topological polar surface area (TPSA) is 97.4 Å². The molecule has 0 saturated heterocycles. The quantitative estimate of drug-likeness (QED) is 0.655. The zero-order chi connectivity index (χ0) is 15.3. The van der Waals surface area contributed by atoms with Crippen LogP contribution in [0, 0.1) is 10.1 Å². The van der Waals surface area contributed by atoms with E-state index in [0.717, 1.165) is 41.8 Å². The number of furan rings is 1. The summed E-state index contributed by atoms with van der Waals surface area (Å²) in [6.45, 7) is 0. The fraction of sp³-hybridized carbons (Fsp3) is 0.357. The standard InChI is InChI=1S/C14H13N3O4S/c18-13-11-7-3-1-2-4-9(7)22-14(11)16-12(15-13)8-5-6-10(21-8)17(19)20/h5-6,12,16H,1-4H2,(H,15,18)/t12-/m0/s1. The van der Waals surface area contributed by atoms with Crippen molar-refractivity contribution in [1.29, 1.82) is 0 Å². The molecule has 114 valence electrons. The molecule has 1 amide bonds. The van der Waals surface area contributed by atoms with Gasteiger partial charge in [-0.1, -0.05) is 0 Å². The fourth-order valence-corrected chi connectivity index (χ4v) is 4.33. The number of anilines is 1. The second-order valence-corrected chi connectivity index (χ2v) is 6.50. The van der Waals surface area contributed by atoms with E-state index in [1.807, 2.05) is 0 Å². The Hall–Kier alpha value is -2.35. The molecule has 2 aromatic heterocycles. The van der Waals surface area contributed by atoms with Crippen molar-refractivity contribution in [2.24, 2.45) is 0 Å². The number of nitrogens with zero attached hydrogens (tertiary/aromatic N) is 1. The van der Waals surface area contributed by atoms with Gasteiger partial charge in [-0.15, -0.1) is 11.3 Å². The summed E-state index contributed by atoms with van der Waals surface area (Å²) in [6, 6.07) is 2.80. The van der Waals surface area contributed by atoms with E-state index in [1.165, 1.54) is 17.0 Å². The largest absolute Gasteiger partial charge is 0.433 e. The van der Waals surface area contributed by atoms with Gasteiger partial charge in [0.05, 0.1) is 11.6 Å². The van der Waals surface area contributed by atoms with E-state index in [1.54, 1.807) is 11.3 Å². The first kappa shape index (κ1) is 13.3. The first-order chi connectivity index (χ1) is 10.6. The van der Waals surface area contributed by atoms with Gasteiger partial charge in [-0.25, -0.2) is 0 Å². The number of hydrogen-bond acceptors (Lipinski definition) is 6. The Balaban J connectivity index is 1.68.